The van der Waals surface area contributed by atoms with Gasteiger partial charge < -0.3 is 9.64 Å². The average Bonchev–Trinajstić information content (AvgIpc) is 2.77. The first kappa shape index (κ1) is 22.0. The zero-order valence-corrected chi connectivity index (χ0v) is 17.7. The van der Waals surface area contributed by atoms with Crippen LogP contribution in [0.4, 0.5) is 0 Å². The summed E-state index contributed by atoms with van der Waals surface area (Å²) in [6.45, 7) is 2.84. The number of carbonyl (C=O) groups is 2. The monoisotopic (exact) mass is 430 g/mol. The lowest BCUT2D eigenvalue weighted by molar-refractivity contribution is -0.134. The molecule has 0 unspecified atom stereocenters. The van der Waals surface area contributed by atoms with Gasteiger partial charge in [0.05, 0.1) is 4.90 Å². The molecule has 160 valence electrons. The van der Waals surface area contributed by atoms with E-state index < -0.39 is 10.0 Å². The van der Waals surface area contributed by atoms with Crippen molar-refractivity contribution in [2.75, 3.05) is 26.2 Å². The molecule has 1 saturated heterocycles. The Morgan fingerprint density at radius 1 is 1.07 bits per heavy atom. The first-order chi connectivity index (χ1) is 14.3. The molecule has 0 saturated carbocycles. The lowest BCUT2D eigenvalue weighted by atomic mass is 9.97. The van der Waals surface area contributed by atoms with Crippen molar-refractivity contribution < 1.29 is 22.7 Å². The minimum atomic E-state index is -3.69. The highest BCUT2D eigenvalue weighted by Gasteiger charge is 2.25. The number of ketones is 1. The Morgan fingerprint density at radius 3 is 2.43 bits per heavy atom. The molecule has 0 spiro atoms. The molecule has 1 aliphatic heterocycles. The van der Waals surface area contributed by atoms with E-state index in [2.05, 4.69) is 4.72 Å². The summed E-state index contributed by atoms with van der Waals surface area (Å²) in [5.74, 6) is 0.554. The van der Waals surface area contributed by atoms with Crippen LogP contribution in [0, 0.1) is 5.92 Å². The minimum Gasteiger partial charge on any atom is -0.484 e. The number of benzene rings is 2. The van der Waals surface area contributed by atoms with Gasteiger partial charge in [0.1, 0.15) is 5.75 Å². The molecule has 0 aromatic heterocycles. The van der Waals surface area contributed by atoms with E-state index in [1.807, 2.05) is 18.2 Å². The quantitative estimate of drug-likeness (QED) is 0.650. The molecule has 2 aromatic rings. The molecular weight excluding hydrogens is 404 g/mol. The van der Waals surface area contributed by atoms with Crippen LogP contribution in [0.5, 0.6) is 5.75 Å². The molecule has 30 heavy (non-hydrogen) atoms. The fourth-order valence-corrected chi connectivity index (χ4v) is 4.49. The standard InChI is InChI=1S/C22H26N2O5S/c1-17(25)19-6-5-9-21(14-19)30(27,28)23-15-18-10-12-24(13-11-18)22(26)16-29-20-7-3-2-4-8-20/h2-9,14,18,23H,10-13,15-16H2,1H3. The maximum atomic E-state index is 12.5. The molecule has 1 heterocycles. The van der Waals surface area contributed by atoms with Crippen molar-refractivity contribution >= 4 is 21.7 Å². The van der Waals surface area contributed by atoms with Gasteiger partial charge >= 0.3 is 0 Å². The van der Waals surface area contributed by atoms with Crippen LogP contribution in [0.3, 0.4) is 0 Å². The van der Waals surface area contributed by atoms with Crippen molar-refractivity contribution in [3.8, 4) is 5.75 Å². The summed E-state index contributed by atoms with van der Waals surface area (Å²) >= 11 is 0. The third kappa shape index (κ3) is 5.90. The third-order valence-electron chi connectivity index (χ3n) is 5.19. The number of nitrogens with zero attached hydrogens (tertiary/aromatic N) is 1. The largest absolute Gasteiger partial charge is 0.484 e. The zero-order chi connectivity index (χ0) is 21.6. The number of hydrogen-bond acceptors (Lipinski definition) is 5. The number of ether oxygens (including phenoxy) is 1. The average molecular weight is 431 g/mol. The number of para-hydroxylation sites is 1. The highest BCUT2D eigenvalue weighted by Crippen LogP contribution is 2.19. The summed E-state index contributed by atoms with van der Waals surface area (Å²) in [6.07, 6.45) is 1.43. The summed E-state index contributed by atoms with van der Waals surface area (Å²) in [5, 5.41) is 0. The molecule has 1 aliphatic rings. The second kappa shape index (κ2) is 9.86. The van der Waals surface area contributed by atoms with Gasteiger partial charge in [-0.25, -0.2) is 13.1 Å². The van der Waals surface area contributed by atoms with Crippen LogP contribution < -0.4 is 9.46 Å². The summed E-state index contributed by atoms with van der Waals surface area (Å²) in [6, 6.07) is 15.2. The van der Waals surface area contributed by atoms with Crippen molar-refractivity contribution in [1.29, 1.82) is 0 Å². The third-order valence-corrected chi connectivity index (χ3v) is 6.61. The fraction of sp³-hybridized carbons (Fsp3) is 0.364. The molecule has 7 nitrogen and oxygen atoms in total. The molecule has 2 aromatic carbocycles. The maximum Gasteiger partial charge on any atom is 0.260 e. The second-order valence-electron chi connectivity index (χ2n) is 7.36. The number of likely N-dealkylation sites (tertiary alicyclic amines) is 1. The molecule has 0 radical (unpaired) electrons. The normalized spacial score (nSPS) is 15.0. The predicted molar refractivity (Wildman–Crippen MR) is 113 cm³/mol. The first-order valence-corrected chi connectivity index (χ1v) is 11.4. The smallest absolute Gasteiger partial charge is 0.260 e. The highest BCUT2D eigenvalue weighted by molar-refractivity contribution is 7.89. The molecule has 1 N–H and O–H groups in total. The van der Waals surface area contributed by atoms with E-state index in [0.717, 1.165) is 0 Å². The van der Waals surface area contributed by atoms with Crippen molar-refractivity contribution in [3.63, 3.8) is 0 Å². The van der Waals surface area contributed by atoms with Crippen molar-refractivity contribution in [1.82, 2.24) is 9.62 Å². The predicted octanol–water partition coefficient (Wildman–Crippen LogP) is 2.49. The van der Waals surface area contributed by atoms with Crippen molar-refractivity contribution in [2.24, 2.45) is 5.92 Å². The maximum absolute atomic E-state index is 12.5. The SMILES string of the molecule is CC(=O)c1cccc(S(=O)(=O)NCC2CCN(C(=O)COc3ccccc3)CC2)c1. The van der Waals surface area contributed by atoms with Crippen LogP contribution in [0.1, 0.15) is 30.1 Å². The molecule has 0 bridgehead atoms. The summed E-state index contributed by atoms with van der Waals surface area (Å²) in [5.41, 5.74) is 0.363. The number of hydrogen-bond donors (Lipinski definition) is 1. The van der Waals surface area contributed by atoms with Gasteiger partial charge in [0.15, 0.2) is 12.4 Å². The number of amides is 1. The molecule has 8 heteroatoms. The van der Waals surface area contributed by atoms with Gasteiger partial charge in [-0.15, -0.1) is 0 Å². The van der Waals surface area contributed by atoms with Crippen LogP contribution in [-0.4, -0.2) is 51.2 Å². The number of carbonyl (C=O) groups excluding carboxylic acids is 2. The molecule has 0 aliphatic carbocycles. The number of rotatable bonds is 8. The van der Waals surface area contributed by atoms with Crippen LogP contribution in [0.25, 0.3) is 0 Å². The minimum absolute atomic E-state index is 0.00615. The Balaban J connectivity index is 1.46. The van der Waals surface area contributed by atoms with Gasteiger partial charge in [0.2, 0.25) is 10.0 Å². The Hall–Kier alpha value is -2.71. The lowest BCUT2D eigenvalue weighted by Crippen LogP contribution is -2.43. The van der Waals surface area contributed by atoms with Crippen molar-refractivity contribution in [2.45, 2.75) is 24.7 Å². The Kier molecular flexibility index (Phi) is 7.23. The first-order valence-electron chi connectivity index (χ1n) is 9.91. The van der Waals surface area contributed by atoms with Gasteiger partial charge in [-0.1, -0.05) is 30.3 Å². The Labute approximate surface area is 177 Å². The van der Waals surface area contributed by atoms with E-state index in [9.17, 15) is 18.0 Å². The molecule has 3 rings (SSSR count). The zero-order valence-electron chi connectivity index (χ0n) is 16.9. The summed E-state index contributed by atoms with van der Waals surface area (Å²) in [7, 11) is -3.69. The van der Waals surface area contributed by atoms with Gasteiger partial charge in [-0.05, 0) is 49.9 Å². The van der Waals surface area contributed by atoms with E-state index in [1.54, 1.807) is 29.2 Å². The van der Waals surface area contributed by atoms with E-state index in [-0.39, 0.29) is 29.1 Å². The van der Waals surface area contributed by atoms with E-state index in [1.165, 1.54) is 19.1 Å². The lowest BCUT2D eigenvalue weighted by Gasteiger charge is -2.32. The highest BCUT2D eigenvalue weighted by atomic mass is 32.2. The Bertz CT molecular complexity index is 984. The summed E-state index contributed by atoms with van der Waals surface area (Å²) < 4.78 is 33.2. The van der Waals surface area contributed by atoms with E-state index in [0.29, 0.717) is 43.8 Å². The number of piperidine rings is 1. The second-order valence-corrected chi connectivity index (χ2v) is 9.13. The van der Waals surface area contributed by atoms with Gasteiger partial charge in [0.25, 0.3) is 5.91 Å². The van der Waals surface area contributed by atoms with Crippen LogP contribution in [-0.2, 0) is 14.8 Å². The molecular formula is C22H26N2O5S. The number of sulfonamides is 1. The number of nitrogens with one attached hydrogen (secondary N) is 1. The van der Waals surface area contributed by atoms with E-state index in [4.69, 9.17) is 4.74 Å². The molecule has 1 fully saturated rings. The van der Waals surface area contributed by atoms with Crippen LogP contribution >= 0.6 is 0 Å². The van der Waals surface area contributed by atoms with Crippen LogP contribution in [0.2, 0.25) is 0 Å². The molecule has 0 atom stereocenters. The number of Topliss-reactive ketones (excluding diaryl/α,β-unsaturated/α-hetero) is 1. The van der Waals surface area contributed by atoms with Crippen molar-refractivity contribution in [3.05, 3.63) is 60.2 Å². The van der Waals surface area contributed by atoms with Gasteiger partial charge in [0, 0.05) is 25.2 Å². The molecule has 1 amide bonds. The summed E-state index contributed by atoms with van der Waals surface area (Å²) in [4.78, 5) is 25.7. The van der Waals surface area contributed by atoms with Crippen LogP contribution in [0.15, 0.2) is 59.5 Å². The van der Waals surface area contributed by atoms with E-state index >= 15 is 0 Å². The fourth-order valence-electron chi connectivity index (χ4n) is 3.33. The topological polar surface area (TPSA) is 92.8 Å². The Morgan fingerprint density at radius 2 is 1.77 bits per heavy atom. The van der Waals surface area contributed by atoms with Gasteiger partial charge in [-0.2, -0.15) is 0 Å². The van der Waals surface area contributed by atoms with Gasteiger partial charge in [-0.3, -0.25) is 9.59 Å².